The zero-order valence-electron chi connectivity index (χ0n) is 27.6. The zero-order chi connectivity index (χ0) is 29.9. The molecule has 8 heteroatoms. The SMILES string of the molecule is CCCCOC1C(OCCCC)[C@H](OCCCC)C(C)O[C@H]1OC1C(C)CC(CO)C[C@H]1O[Si](C)(C)C(C)(C)C. The van der Waals surface area contributed by atoms with Gasteiger partial charge in [0.25, 0.3) is 0 Å². The van der Waals surface area contributed by atoms with Crippen LogP contribution in [-0.2, 0) is 28.1 Å². The van der Waals surface area contributed by atoms with Crippen LogP contribution in [0, 0.1) is 11.8 Å². The van der Waals surface area contributed by atoms with Crippen LogP contribution in [0.2, 0.25) is 18.1 Å². The molecule has 40 heavy (non-hydrogen) atoms. The van der Waals surface area contributed by atoms with Gasteiger partial charge in [-0.2, -0.15) is 0 Å². The van der Waals surface area contributed by atoms with Gasteiger partial charge in [-0.3, -0.25) is 0 Å². The summed E-state index contributed by atoms with van der Waals surface area (Å²) in [5, 5.41) is 10.2. The fourth-order valence-corrected chi connectivity index (χ4v) is 6.89. The van der Waals surface area contributed by atoms with E-state index in [0.29, 0.717) is 19.8 Å². The summed E-state index contributed by atoms with van der Waals surface area (Å²) in [6.07, 6.45) is 5.98. The van der Waals surface area contributed by atoms with Gasteiger partial charge in [-0.1, -0.05) is 67.7 Å². The third-order valence-corrected chi connectivity index (χ3v) is 13.7. The number of rotatable bonds is 17. The molecule has 0 amide bonds. The van der Waals surface area contributed by atoms with E-state index in [1.807, 2.05) is 0 Å². The summed E-state index contributed by atoms with van der Waals surface area (Å²) in [5.74, 6) is 0.433. The van der Waals surface area contributed by atoms with Crippen molar-refractivity contribution < 1.29 is 33.2 Å². The van der Waals surface area contributed by atoms with Gasteiger partial charge in [0.1, 0.15) is 18.3 Å². The van der Waals surface area contributed by atoms with E-state index in [9.17, 15) is 5.11 Å². The summed E-state index contributed by atoms with van der Waals surface area (Å²) in [6.45, 7) is 24.4. The molecule has 7 nitrogen and oxygen atoms in total. The first kappa shape index (κ1) is 36.1. The van der Waals surface area contributed by atoms with Crippen molar-refractivity contribution in [2.75, 3.05) is 26.4 Å². The molecule has 1 N–H and O–H groups in total. The highest BCUT2D eigenvalue weighted by atomic mass is 28.4. The van der Waals surface area contributed by atoms with Gasteiger partial charge in [-0.05, 0) is 69.0 Å². The maximum atomic E-state index is 10.1. The standard InChI is InChI=1S/C32H64O7Si/c1-11-14-17-34-28-24(5)37-31(30(36-19-16-13-3)29(28)35-18-15-12-2)38-27-23(4)20-25(22-33)21-26(27)39-40(9,10)32(6,7)8/h23-31,33H,11-22H2,1-10H3/t23?,24?,25?,26-,27?,28-,29?,30?,31+/m1/s1. The highest BCUT2D eigenvalue weighted by Gasteiger charge is 2.51. The van der Waals surface area contributed by atoms with Gasteiger partial charge in [-0.25, -0.2) is 0 Å². The summed E-state index contributed by atoms with van der Waals surface area (Å²) in [6, 6.07) is 0. The molecule has 0 radical (unpaired) electrons. The first-order valence-electron chi connectivity index (χ1n) is 16.3. The van der Waals surface area contributed by atoms with E-state index in [2.05, 4.69) is 68.5 Å². The number of hydrogen-bond donors (Lipinski definition) is 1. The fourth-order valence-electron chi connectivity index (χ4n) is 5.55. The van der Waals surface area contributed by atoms with Crippen LogP contribution in [-0.4, -0.2) is 82.8 Å². The topological polar surface area (TPSA) is 75.6 Å². The molecular weight excluding hydrogens is 524 g/mol. The first-order valence-corrected chi connectivity index (χ1v) is 19.2. The predicted octanol–water partition coefficient (Wildman–Crippen LogP) is 7.10. The van der Waals surface area contributed by atoms with Gasteiger partial charge in [0.2, 0.25) is 0 Å². The Morgan fingerprint density at radius 3 is 1.80 bits per heavy atom. The van der Waals surface area contributed by atoms with Crippen molar-refractivity contribution in [3.63, 3.8) is 0 Å². The van der Waals surface area contributed by atoms with Crippen LogP contribution in [0.3, 0.4) is 0 Å². The lowest BCUT2D eigenvalue weighted by molar-refractivity contribution is -0.334. The predicted molar refractivity (Wildman–Crippen MR) is 164 cm³/mol. The van der Waals surface area contributed by atoms with Crippen molar-refractivity contribution in [2.45, 2.75) is 168 Å². The third-order valence-electron chi connectivity index (χ3n) is 9.15. The van der Waals surface area contributed by atoms with E-state index in [1.165, 1.54) is 0 Å². The van der Waals surface area contributed by atoms with Gasteiger partial charge in [-0.15, -0.1) is 0 Å². The van der Waals surface area contributed by atoms with Gasteiger partial charge in [0, 0.05) is 26.4 Å². The Labute approximate surface area is 247 Å². The van der Waals surface area contributed by atoms with Gasteiger partial charge >= 0.3 is 0 Å². The average molecular weight is 589 g/mol. The van der Waals surface area contributed by atoms with E-state index in [4.69, 9.17) is 28.1 Å². The molecule has 1 aliphatic carbocycles. The molecule has 2 aliphatic rings. The molecule has 2 fully saturated rings. The zero-order valence-corrected chi connectivity index (χ0v) is 28.6. The van der Waals surface area contributed by atoms with Crippen LogP contribution in [0.4, 0.5) is 0 Å². The Hall–Kier alpha value is -0.0631. The van der Waals surface area contributed by atoms with Crippen LogP contribution in [0.25, 0.3) is 0 Å². The summed E-state index contributed by atoms with van der Waals surface area (Å²) >= 11 is 0. The molecule has 1 heterocycles. The highest BCUT2D eigenvalue weighted by molar-refractivity contribution is 6.74. The quantitative estimate of drug-likeness (QED) is 0.143. The molecule has 1 saturated heterocycles. The largest absolute Gasteiger partial charge is 0.411 e. The molecule has 9 atom stereocenters. The van der Waals surface area contributed by atoms with Crippen molar-refractivity contribution >= 4 is 8.32 Å². The lowest BCUT2D eigenvalue weighted by atomic mass is 9.79. The van der Waals surface area contributed by atoms with Gasteiger partial charge in [0.15, 0.2) is 14.6 Å². The van der Waals surface area contributed by atoms with Gasteiger partial charge in [0.05, 0.1) is 18.3 Å². The summed E-state index contributed by atoms with van der Waals surface area (Å²) in [7, 11) is -2.07. The van der Waals surface area contributed by atoms with Crippen LogP contribution in [0.5, 0.6) is 0 Å². The molecule has 1 aliphatic heterocycles. The Kier molecular flexibility index (Phi) is 15.6. The number of aliphatic hydroxyl groups excluding tert-OH is 1. The molecule has 1 saturated carbocycles. The van der Waals surface area contributed by atoms with Crippen molar-refractivity contribution in [1.29, 1.82) is 0 Å². The smallest absolute Gasteiger partial charge is 0.192 e. The molecule has 2 rings (SSSR count). The molecule has 238 valence electrons. The molecule has 0 spiro atoms. The Morgan fingerprint density at radius 1 is 0.775 bits per heavy atom. The molecule has 6 unspecified atom stereocenters. The Balaban J connectivity index is 2.36. The van der Waals surface area contributed by atoms with Crippen LogP contribution in [0.15, 0.2) is 0 Å². The van der Waals surface area contributed by atoms with E-state index >= 15 is 0 Å². The monoisotopic (exact) mass is 588 g/mol. The van der Waals surface area contributed by atoms with Crippen molar-refractivity contribution in [3.05, 3.63) is 0 Å². The number of aliphatic hydroxyl groups is 1. The summed E-state index contributed by atoms with van der Waals surface area (Å²) < 4.78 is 40.1. The van der Waals surface area contributed by atoms with E-state index in [1.54, 1.807) is 0 Å². The van der Waals surface area contributed by atoms with E-state index < -0.39 is 14.6 Å². The molecule has 0 aromatic carbocycles. The molecular formula is C32H64O7Si. The van der Waals surface area contributed by atoms with Crippen LogP contribution >= 0.6 is 0 Å². The normalized spacial score (nSPS) is 33.8. The maximum absolute atomic E-state index is 10.1. The lowest BCUT2D eigenvalue weighted by Crippen LogP contribution is -2.62. The molecule has 0 aromatic rings. The lowest BCUT2D eigenvalue weighted by Gasteiger charge is -2.50. The maximum Gasteiger partial charge on any atom is 0.192 e. The molecule has 0 aromatic heterocycles. The number of ether oxygens (including phenoxy) is 5. The first-order chi connectivity index (χ1) is 18.9. The average Bonchev–Trinajstić information content (AvgIpc) is 2.88. The van der Waals surface area contributed by atoms with Gasteiger partial charge < -0.3 is 33.2 Å². The Morgan fingerprint density at radius 2 is 1.30 bits per heavy atom. The third kappa shape index (κ3) is 10.3. The minimum absolute atomic E-state index is 0.0792. The number of hydrogen-bond acceptors (Lipinski definition) is 7. The second-order valence-electron chi connectivity index (χ2n) is 13.8. The van der Waals surface area contributed by atoms with Crippen molar-refractivity contribution in [3.8, 4) is 0 Å². The Bertz CT molecular complexity index is 685. The minimum atomic E-state index is -2.07. The highest BCUT2D eigenvalue weighted by Crippen LogP contribution is 2.42. The van der Waals surface area contributed by atoms with Crippen LogP contribution in [0.1, 0.15) is 107 Å². The summed E-state index contributed by atoms with van der Waals surface area (Å²) in [4.78, 5) is 0. The van der Waals surface area contributed by atoms with Crippen molar-refractivity contribution in [1.82, 2.24) is 0 Å². The van der Waals surface area contributed by atoms with E-state index in [0.717, 1.165) is 51.4 Å². The second-order valence-corrected chi connectivity index (χ2v) is 18.5. The van der Waals surface area contributed by atoms with Crippen molar-refractivity contribution in [2.24, 2.45) is 11.8 Å². The summed E-state index contributed by atoms with van der Waals surface area (Å²) in [5.41, 5.74) is 0. The number of unbranched alkanes of at least 4 members (excludes halogenated alkanes) is 3. The van der Waals surface area contributed by atoms with Crippen LogP contribution < -0.4 is 0 Å². The second kappa shape index (κ2) is 17.3. The van der Waals surface area contributed by atoms with E-state index in [-0.39, 0.29) is 60.1 Å². The fraction of sp³-hybridized carbons (Fsp3) is 1.00. The molecule has 0 bridgehead atoms. The minimum Gasteiger partial charge on any atom is -0.411 e.